The zero-order valence-electron chi connectivity index (χ0n) is 14.4. The van der Waals surface area contributed by atoms with Crippen molar-refractivity contribution in [3.05, 3.63) is 52.3 Å². The fourth-order valence-corrected chi connectivity index (χ4v) is 3.65. The number of hydrogen-bond acceptors (Lipinski definition) is 4. The van der Waals surface area contributed by atoms with E-state index in [1.54, 1.807) is 19.1 Å². The van der Waals surface area contributed by atoms with Gasteiger partial charge in [0.2, 0.25) is 0 Å². The van der Waals surface area contributed by atoms with Crippen molar-refractivity contribution in [2.24, 2.45) is 0 Å². The molecule has 0 N–H and O–H groups in total. The molecule has 1 unspecified atom stereocenters. The molecule has 0 saturated carbocycles. The Morgan fingerprint density at radius 3 is 2.41 bits per heavy atom. The molecule has 4 rings (SSSR count). The summed E-state index contributed by atoms with van der Waals surface area (Å²) in [5, 5.41) is 0. The van der Waals surface area contributed by atoms with Crippen molar-refractivity contribution in [3.63, 3.8) is 0 Å². The lowest BCUT2D eigenvalue weighted by Gasteiger charge is -2.22. The lowest BCUT2D eigenvalue weighted by atomic mass is 10.1. The van der Waals surface area contributed by atoms with E-state index in [4.69, 9.17) is 9.47 Å². The molecular formula is C19H16BrFN2O4. The number of carbonyl (C=O) groups is 2. The zero-order chi connectivity index (χ0) is 19.1. The molecule has 0 aliphatic carbocycles. The molecule has 1 fully saturated rings. The summed E-state index contributed by atoms with van der Waals surface area (Å²) in [7, 11) is 0. The van der Waals surface area contributed by atoms with E-state index in [0.29, 0.717) is 30.4 Å². The minimum atomic E-state index is -0.668. The highest BCUT2D eigenvalue weighted by Crippen LogP contribution is 2.37. The van der Waals surface area contributed by atoms with Gasteiger partial charge in [0.1, 0.15) is 25.1 Å². The molecule has 3 amide bonds. The second-order valence-electron chi connectivity index (χ2n) is 6.32. The van der Waals surface area contributed by atoms with Gasteiger partial charge in [-0.05, 0) is 48.9 Å². The third-order valence-corrected chi connectivity index (χ3v) is 5.33. The van der Waals surface area contributed by atoms with Gasteiger partial charge in [-0.2, -0.15) is 0 Å². The third-order valence-electron chi connectivity index (χ3n) is 4.59. The van der Waals surface area contributed by atoms with Crippen LogP contribution in [0.4, 0.5) is 14.9 Å². The quantitative estimate of drug-likeness (QED) is 0.690. The van der Waals surface area contributed by atoms with E-state index in [1.807, 2.05) is 0 Å². The number of rotatable bonds is 3. The Bertz CT molecular complexity index is 919. The Morgan fingerprint density at radius 2 is 1.74 bits per heavy atom. The van der Waals surface area contributed by atoms with Gasteiger partial charge in [-0.1, -0.05) is 15.9 Å². The molecule has 2 aromatic rings. The van der Waals surface area contributed by atoms with Crippen molar-refractivity contribution >= 4 is 33.6 Å². The van der Waals surface area contributed by atoms with Crippen LogP contribution in [0.5, 0.6) is 11.5 Å². The molecule has 0 radical (unpaired) electrons. The van der Waals surface area contributed by atoms with E-state index in [1.165, 1.54) is 34.1 Å². The van der Waals surface area contributed by atoms with Crippen LogP contribution in [-0.2, 0) is 11.3 Å². The van der Waals surface area contributed by atoms with Crippen molar-refractivity contribution in [1.82, 2.24) is 4.90 Å². The number of anilines is 1. The van der Waals surface area contributed by atoms with E-state index in [-0.39, 0.29) is 12.5 Å². The van der Waals surface area contributed by atoms with Crippen LogP contribution in [0.1, 0.15) is 12.5 Å². The van der Waals surface area contributed by atoms with Gasteiger partial charge in [0.25, 0.3) is 5.91 Å². The summed E-state index contributed by atoms with van der Waals surface area (Å²) in [6.45, 7) is 2.68. The van der Waals surface area contributed by atoms with Gasteiger partial charge < -0.3 is 9.47 Å². The highest BCUT2D eigenvalue weighted by atomic mass is 79.9. The number of nitrogens with zero attached hydrogens (tertiary/aromatic N) is 2. The average molecular weight is 435 g/mol. The minimum Gasteiger partial charge on any atom is -0.486 e. The van der Waals surface area contributed by atoms with E-state index >= 15 is 0 Å². The van der Waals surface area contributed by atoms with E-state index in [0.717, 1.165) is 10.0 Å². The molecule has 0 aromatic heterocycles. The maximum absolute atomic E-state index is 13.2. The summed E-state index contributed by atoms with van der Waals surface area (Å²) in [5.74, 6) is 0.492. The van der Waals surface area contributed by atoms with Crippen molar-refractivity contribution in [2.75, 3.05) is 18.1 Å². The Balaban J connectivity index is 1.62. The first-order valence-electron chi connectivity index (χ1n) is 8.44. The molecule has 2 aliphatic heterocycles. The Labute approximate surface area is 163 Å². The van der Waals surface area contributed by atoms with Crippen LogP contribution < -0.4 is 14.4 Å². The lowest BCUT2D eigenvalue weighted by molar-refractivity contribution is -0.127. The first-order chi connectivity index (χ1) is 13.0. The molecule has 2 aromatic carbocycles. The molecule has 8 heteroatoms. The average Bonchev–Trinajstić information content (AvgIpc) is 2.86. The highest BCUT2D eigenvalue weighted by Gasteiger charge is 2.43. The van der Waals surface area contributed by atoms with E-state index in [9.17, 15) is 14.0 Å². The molecule has 2 aliphatic rings. The zero-order valence-corrected chi connectivity index (χ0v) is 16.0. The molecule has 27 heavy (non-hydrogen) atoms. The third kappa shape index (κ3) is 3.14. The van der Waals surface area contributed by atoms with Gasteiger partial charge in [-0.15, -0.1) is 0 Å². The van der Waals surface area contributed by atoms with E-state index < -0.39 is 17.9 Å². The van der Waals surface area contributed by atoms with Gasteiger partial charge in [0.15, 0.2) is 11.5 Å². The van der Waals surface area contributed by atoms with Crippen LogP contribution in [0, 0.1) is 5.82 Å². The van der Waals surface area contributed by atoms with E-state index in [2.05, 4.69) is 15.9 Å². The SMILES string of the molecule is CC1C(=O)N(Cc2cc3c(cc2Br)OCCO3)C(=O)N1c1ccc(F)cc1. The summed E-state index contributed by atoms with van der Waals surface area (Å²) in [6, 6.07) is 7.93. The Morgan fingerprint density at radius 1 is 1.11 bits per heavy atom. The van der Waals surface area contributed by atoms with Gasteiger partial charge >= 0.3 is 6.03 Å². The number of amides is 3. The molecule has 0 bridgehead atoms. The van der Waals surface area contributed by atoms with Crippen LogP contribution in [0.3, 0.4) is 0 Å². The van der Waals surface area contributed by atoms with Crippen LogP contribution in [0.2, 0.25) is 0 Å². The minimum absolute atomic E-state index is 0.0942. The van der Waals surface area contributed by atoms with Crippen molar-refractivity contribution < 1.29 is 23.5 Å². The summed E-state index contributed by atoms with van der Waals surface area (Å²) < 4.78 is 25.0. The smallest absolute Gasteiger partial charge is 0.332 e. The van der Waals surface area contributed by atoms with Crippen LogP contribution in [-0.4, -0.2) is 36.1 Å². The molecule has 140 valence electrons. The predicted octanol–water partition coefficient (Wildman–Crippen LogP) is 3.72. The normalized spacial score (nSPS) is 19.0. The fraction of sp³-hybridized carbons (Fsp3) is 0.263. The number of fused-ring (bicyclic) bond motifs is 1. The monoisotopic (exact) mass is 434 g/mol. The van der Waals surface area contributed by atoms with Crippen molar-refractivity contribution in [2.45, 2.75) is 19.5 Å². The van der Waals surface area contributed by atoms with Crippen LogP contribution in [0.25, 0.3) is 0 Å². The first kappa shape index (κ1) is 17.8. The second-order valence-corrected chi connectivity index (χ2v) is 7.17. The number of benzene rings is 2. The maximum Gasteiger partial charge on any atom is 0.332 e. The van der Waals surface area contributed by atoms with Crippen LogP contribution in [0.15, 0.2) is 40.9 Å². The highest BCUT2D eigenvalue weighted by molar-refractivity contribution is 9.10. The van der Waals surface area contributed by atoms with Gasteiger partial charge in [0.05, 0.1) is 6.54 Å². The summed E-state index contributed by atoms with van der Waals surface area (Å²) in [6.07, 6.45) is 0. The van der Waals surface area contributed by atoms with Gasteiger partial charge in [-0.3, -0.25) is 14.6 Å². The Kier molecular flexibility index (Phi) is 4.51. The van der Waals surface area contributed by atoms with Gasteiger partial charge in [0, 0.05) is 10.2 Å². The summed E-state index contributed by atoms with van der Waals surface area (Å²) in [5.41, 5.74) is 1.21. The number of ether oxygens (including phenoxy) is 2. The molecule has 2 heterocycles. The first-order valence-corrected chi connectivity index (χ1v) is 9.23. The van der Waals surface area contributed by atoms with Crippen molar-refractivity contribution in [3.8, 4) is 11.5 Å². The molecule has 0 spiro atoms. The number of urea groups is 1. The summed E-state index contributed by atoms with van der Waals surface area (Å²) >= 11 is 3.47. The topological polar surface area (TPSA) is 59.1 Å². The Hall–Kier alpha value is -2.61. The molecule has 1 atom stereocenters. The lowest BCUT2D eigenvalue weighted by Crippen LogP contribution is -2.33. The summed E-state index contributed by atoms with van der Waals surface area (Å²) in [4.78, 5) is 28.1. The standard InChI is InChI=1S/C19H16BrFN2O4/c1-11-18(24)22(19(25)23(11)14-4-2-13(21)3-5-14)10-12-8-16-17(9-15(12)20)27-7-6-26-16/h2-5,8-9,11H,6-7,10H2,1H3. The number of hydrogen-bond donors (Lipinski definition) is 0. The predicted molar refractivity (Wildman–Crippen MR) is 99.4 cm³/mol. The maximum atomic E-state index is 13.2. The van der Waals surface area contributed by atoms with Gasteiger partial charge in [-0.25, -0.2) is 9.18 Å². The number of halogens is 2. The molecule has 1 saturated heterocycles. The number of imide groups is 1. The number of carbonyl (C=O) groups excluding carboxylic acids is 2. The van der Waals surface area contributed by atoms with Crippen molar-refractivity contribution in [1.29, 1.82) is 0 Å². The molecule has 6 nitrogen and oxygen atoms in total. The second kappa shape index (κ2) is 6.84. The fourth-order valence-electron chi connectivity index (χ4n) is 3.20. The largest absolute Gasteiger partial charge is 0.486 e. The van der Waals surface area contributed by atoms with Crippen LogP contribution >= 0.6 is 15.9 Å². The molecular weight excluding hydrogens is 419 g/mol.